The van der Waals surface area contributed by atoms with Crippen LogP contribution >= 0.6 is 0 Å². The van der Waals surface area contributed by atoms with E-state index in [9.17, 15) is 62.3 Å². The van der Waals surface area contributed by atoms with Gasteiger partial charge in [-0.15, -0.1) is 0 Å². The number of anilines is 11. The smallest absolute Gasteiger partial charge is 0.257 e. The number of benzene rings is 11. The molecule has 0 aliphatic carbocycles. The van der Waals surface area contributed by atoms with Crippen LogP contribution in [0.4, 0.5) is 62.6 Å². The number of carbonyl (C=O) groups is 13. The van der Waals surface area contributed by atoms with Crippen molar-refractivity contribution >= 4 is 139 Å². The number of aromatic nitrogens is 8. The van der Waals surface area contributed by atoms with Gasteiger partial charge in [-0.05, 0) is 244 Å². The van der Waals surface area contributed by atoms with Crippen LogP contribution in [0, 0.1) is 41.5 Å². The normalized spacial score (nSPS) is 10.3. The van der Waals surface area contributed by atoms with Gasteiger partial charge < -0.3 is 58.5 Å². The molecular weight excluding hydrogens is 1880 g/mol. The minimum Gasteiger partial charge on any atom is -0.343 e. The van der Waals surface area contributed by atoms with Crippen molar-refractivity contribution in [3.63, 3.8) is 0 Å². The van der Waals surface area contributed by atoms with E-state index in [0.29, 0.717) is 150 Å². The summed E-state index contributed by atoms with van der Waals surface area (Å²) in [4.78, 5) is 195. The Bertz CT molecular complexity index is 7560. The second-order valence-corrected chi connectivity index (χ2v) is 33.5. The van der Waals surface area contributed by atoms with E-state index < -0.39 is 17.7 Å². The highest BCUT2D eigenvalue weighted by Gasteiger charge is 2.23. The second-order valence-electron chi connectivity index (χ2n) is 33.5. The van der Waals surface area contributed by atoms with Gasteiger partial charge in [0.2, 0.25) is 23.6 Å². The van der Waals surface area contributed by atoms with Crippen LogP contribution in [0.25, 0.3) is 0 Å². The van der Waals surface area contributed by atoms with E-state index in [1.165, 1.54) is 49.3 Å². The molecule has 33 heteroatoms. The standard InChI is InChI=1S/C33H29N5O4.C32H30N6O4.C29H25N5O3.C22H20N4O2/c1-5-30(39)38(31(40)6-2)27-12-8-10-23(16-27)17-29-34-19-26(20-35-29)37-33(42)28-18-25(14-13-22(28)4)36-32(41)24-11-7-9-21(3)15-24;1-4-29(39)35-19-30(40)36-24-10-6-8-22(14-24)15-28-33-17-26(18-34-28)38-32(42)27-16-25(12-11-21(27)3)37-31(41)23-9-5-7-20(2)13-23;1-3-27(35)32-23-11-5-8-20(14-23)15-26-30-17-25(18-31-26)34-29(37)22-10-6-12-24(16-22)33-28(36)21-9-4-7-19(2)13-21;1-3-21(27)25-17-9-6-8-16(11-17)12-20-23-13-18(14-24-20)26-22(28)19-10-5-4-7-15(19)2/h5-16,18-20H,1-2,17H2,3-4H3,(H,36,41)(H,37,42);4-14,16-18H,1,15,19H2,2-3H3,(H,35,39)(H,36,40)(H,37,41)(H,38,42);3-14,16-18H,1,15H2,2H3,(H,32,35)(H,33,36)(H,34,37);3-11,13-14H,1,12H2,2H3,(H,25,27)(H,26,28). The van der Waals surface area contributed by atoms with Crippen LogP contribution in [0.3, 0.4) is 0 Å². The zero-order chi connectivity index (χ0) is 106. The zero-order valence-corrected chi connectivity index (χ0v) is 82.2. The van der Waals surface area contributed by atoms with Crippen molar-refractivity contribution < 1.29 is 62.3 Å². The number of nitrogens with zero attached hydrogens (tertiary/aromatic N) is 9. The summed E-state index contributed by atoms with van der Waals surface area (Å²) in [5, 5.41) is 30.3. The fourth-order valence-electron chi connectivity index (χ4n) is 14.5. The Kier molecular flexibility index (Phi) is 38.3. The molecule has 149 heavy (non-hydrogen) atoms. The van der Waals surface area contributed by atoms with Gasteiger partial charge in [-0.1, -0.05) is 171 Å². The van der Waals surface area contributed by atoms with Crippen molar-refractivity contribution in [3.8, 4) is 0 Å². The number of rotatable bonds is 33. The molecule has 0 aliphatic heterocycles. The number of hydrogen-bond donors (Lipinski definition) is 11. The van der Waals surface area contributed by atoms with E-state index in [1.807, 2.05) is 138 Å². The molecule has 13 amide bonds. The second kappa shape index (κ2) is 53.0. The minimum atomic E-state index is -0.567. The molecule has 4 heterocycles. The van der Waals surface area contributed by atoms with Crippen LogP contribution in [-0.2, 0) is 54.5 Å². The van der Waals surface area contributed by atoms with E-state index in [0.717, 1.165) is 78.8 Å². The third-order valence-corrected chi connectivity index (χ3v) is 21.9. The van der Waals surface area contributed by atoms with Crippen molar-refractivity contribution in [2.45, 2.75) is 67.2 Å². The van der Waals surface area contributed by atoms with Crippen LogP contribution in [0.1, 0.15) is 151 Å². The fourth-order valence-corrected chi connectivity index (χ4v) is 14.5. The Morgan fingerprint density at radius 2 is 0.537 bits per heavy atom. The average Bonchev–Trinajstić information content (AvgIpc) is 0.837. The van der Waals surface area contributed by atoms with Gasteiger partial charge in [0.05, 0.1) is 84.6 Å². The summed E-state index contributed by atoms with van der Waals surface area (Å²) in [7, 11) is 0. The van der Waals surface area contributed by atoms with Gasteiger partial charge in [0.1, 0.15) is 23.3 Å². The van der Waals surface area contributed by atoms with Gasteiger partial charge >= 0.3 is 0 Å². The molecule has 11 N–H and O–H groups in total. The summed E-state index contributed by atoms with van der Waals surface area (Å²) < 4.78 is 0. The van der Waals surface area contributed by atoms with Gasteiger partial charge in [-0.2, -0.15) is 0 Å². The number of aryl methyl sites for hydroxylation is 6. The van der Waals surface area contributed by atoms with Crippen LogP contribution in [0.5, 0.6) is 0 Å². The number of nitrogens with one attached hydrogen (secondary N) is 11. The molecule has 746 valence electrons. The first-order valence-corrected chi connectivity index (χ1v) is 46.4. The molecule has 0 spiro atoms. The lowest BCUT2D eigenvalue weighted by atomic mass is 10.1. The van der Waals surface area contributed by atoms with E-state index >= 15 is 0 Å². The molecule has 33 nitrogen and oxygen atoms in total. The molecule has 0 bridgehead atoms. The molecule has 0 atom stereocenters. The van der Waals surface area contributed by atoms with E-state index in [-0.39, 0.29) is 65.6 Å². The monoisotopic (exact) mass is 1980 g/mol. The third-order valence-electron chi connectivity index (χ3n) is 21.9. The van der Waals surface area contributed by atoms with Crippen LogP contribution < -0.4 is 63.4 Å². The highest BCUT2D eigenvalue weighted by molar-refractivity contribution is 6.22. The first-order valence-electron chi connectivity index (χ1n) is 46.4. The molecule has 0 saturated heterocycles. The predicted octanol–water partition coefficient (Wildman–Crippen LogP) is 18.6. The average molecular weight is 1990 g/mol. The summed E-state index contributed by atoms with van der Waals surface area (Å²) in [6.45, 7) is 28.2. The molecule has 11 aromatic carbocycles. The quantitative estimate of drug-likeness (QED) is 0.0170. The van der Waals surface area contributed by atoms with Gasteiger partial charge in [0.25, 0.3) is 53.2 Å². The van der Waals surface area contributed by atoms with Crippen molar-refractivity contribution in [1.29, 1.82) is 0 Å². The van der Waals surface area contributed by atoms with E-state index in [2.05, 4.69) is 131 Å². The molecular formula is C116H104N20O13. The van der Waals surface area contributed by atoms with Gasteiger partial charge in [-0.25, -0.2) is 44.8 Å². The predicted molar refractivity (Wildman–Crippen MR) is 577 cm³/mol. The SMILES string of the molecule is C=CC(=O)N(C(=O)C=C)c1cccc(Cc2ncc(NC(=O)c3cc(NC(=O)c4cccc(C)c4)ccc3C)cn2)c1.C=CC(=O)NCC(=O)Nc1cccc(Cc2ncc(NC(=O)c3cc(NC(=O)c4cccc(C)c4)ccc3C)cn2)c1.C=CC(=O)Nc1cccc(Cc2ncc(NC(=O)c3cccc(NC(=O)c4cccc(C)c4)c3)cn2)c1.C=CC(=O)Nc1cccc(Cc2ncc(NC(=O)c3ccccc3C)cn2)c1. The number of carbonyl (C=O) groups excluding carboxylic acids is 13. The first-order chi connectivity index (χ1) is 71.8. The minimum absolute atomic E-state index is 0.169. The summed E-state index contributed by atoms with van der Waals surface area (Å²) in [6, 6.07) is 75.0. The molecule has 15 rings (SSSR count). The van der Waals surface area contributed by atoms with Gasteiger partial charge in [0, 0.05) is 98.8 Å². The lowest BCUT2D eigenvalue weighted by Gasteiger charge is -2.18. The molecule has 0 aliphatic rings. The maximum Gasteiger partial charge on any atom is 0.257 e. The van der Waals surface area contributed by atoms with E-state index in [1.54, 1.807) is 171 Å². The number of amides is 13. The van der Waals surface area contributed by atoms with Crippen molar-refractivity contribution in [1.82, 2.24) is 45.2 Å². The molecule has 0 unspecified atom stereocenters. The van der Waals surface area contributed by atoms with Gasteiger partial charge in [-0.3, -0.25) is 62.3 Å². The summed E-state index contributed by atoms with van der Waals surface area (Å²) in [6.07, 6.45) is 19.6. The Hall–Kier alpha value is -20.2. The molecule has 0 fully saturated rings. The topological polar surface area (TPSA) is 461 Å². The highest BCUT2D eigenvalue weighted by Crippen LogP contribution is 2.27. The largest absolute Gasteiger partial charge is 0.343 e. The van der Waals surface area contributed by atoms with Crippen molar-refractivity contribution in [2.75, 3.05) is 64.6 Å². The zero-order valence-electron chi connectivity index (χ0n) is 82.2. The molecule has 0 saturated carbocycles. The highest BCUT2D eigenvalue weighted by atomic mass is 16.2. The number of imide groups is 1. The number of hydrogen-bond acceptors (Lipinski definition) is 21. The molecule has 0 radical (unpaired) electrons. The Morgan fingerprint density at radius 3 is 0.886 bits per heavy atom. The lowest BCUT2D eigenvalue weighted by molar-refractivity contribution is -0.122. The van der Waals surface area contributed by atoms with Crippen LogP contribution in [0.2, 0.25) is 0 Å². The Labute approximate surface area is 859 Å². The lowest BCUT2D eigenvalue weighted by Crippen LogP contribution is -2.34. The van der Waals surface area contributed by atoms with Crippen LogP contribution in [-0.4, -0.2) is 123 Å². The molecule has 15 aromatic rings. The summed E-state index contributed by atoms with van der Waals surface area (Å²) in [5.41, 5.74) is 17.8. The van der Waals surface area contributed by atoms with E-state index in [4.69, 9.17) is 0 Å². The first kappa shape index (κ1) is 108. The van der Waals surface area contributed by atoms with Crippen molar-refractivity contribution in [3.05, 3.63) is 486 Å². The summed E-state index contributed by atoms with van der Waals surface area (Å²) >= 11 is 0. The van der Waals surface area contributed by atoms with Gasteiger partial charge in [0.15, 0.2) is 0 Å². The molecule has 4 aromatic heterocycles. The maximum absolute atomic E-state index is 13.1. The Balaban J connectivity index is 0.000000178. The van der Waals surface area contributed by atoms with Crippen LogP contribution in [0.15, 0.2) is 368 Å². The third kappa shape index (κ3) is 32.9. The summed E-state index contributed by atoms with van der Waals surface area (Å²) in [5.74, 6) is -2.37. The fraction of sp³-hybridized carbons (Fsp3) is 0.0948. The van der Waals surface area contributed by atoms with Crippen molar-refractivity contribution in [2.24, 2.45) is 0 Å². The Morgan fingerprint density at radius 1 is 0.248 bits per heavy atom. The maximum atomic E-state index is 13.1.